The van der Waals surface area contributed by atoms with E-state index < -0.39 is 5.97 Å². The van der Waals surface area contributed by atoms with Crippen LogP contribution in [-0.4, -0.2) is 59.7 Å². The van der Waals surface area contributed by atoms with Crippen molar-refractivity contribution >= 4 is 69.7 Å². The van der Waals surface area contributed by atoms with Crippen molar-refractivity contribution in [2.45, 2.75) is 10.4 Å². The van der Waals surface area contributed by atoms with Gasteiger partial charge in [-0.3, -0.25) is 0 Å². The molecule has 1 aliphatic rings. The van der Waals surface area contributed by atoms with Gasteiger partial charge in [-0.1, -0.05) is 35.0 Å². The molecule has 0 radical (unpaired) electrons. The van der Waals surface area contributed by atoms with Crippen molar-refractivity contribution in [2.24, 2.45) is 0 Å². The van der Waals surface area contributed by atoms with Gasteiger partial charge in [0.2, 0.25) is 0 Å². The Labute approximate surface area is 186 Å². The molecule has 1 saturated heterocycles. The number of carbonyl (C=O) groups is 1. The highest BCUT2D eigenvalue weighted by atomic mass is 35.5. The van der Waals surface area contributed by atoms with E-state index in [1.165, 1.54) is 18.4 Å². The van der Waals surface area contributed by atoms with E-state index in [9.17, 15) is 4.79 Å². The molecule has 11 heteroatoms. The van der Waals surface area contributed by atoms with E-state index in [1.807, 2.05) is 4.90 Å². The predicted octanol–water partition coefficient (Wildman–Crippen LogP) is 4.39. The normalized spacial score (nSPS) is 16.2. The molecule has 1 atom stereocenters. The molecule has 0 N–H and O–H groups in total. The fourth-order valence-electron chi connectivity index (χ4n) is 2.46. The van der Waals surface area contributed by atoms with E-state index in [-0.39, 0.29) is 6.04 Å². The van der Waals surface area contributed by atoms with Gasteiger partial charge in [0.05, 0.1) is 7.11 Å². The number of thiocarbonyl (C=S) groups is 1. The molecule has 28 heavy (non-hydrogen) atoms. The van der Waals surface area contributed by atoms with Gasteiger partial charge in [0.1, 0.15) is 25.0 Å². The molecule has 6 nitrogen and oxygen atoms in total. The molecule has 2 heterocycles. The second-order valence-corrected chi connectivity index (χ2v) is 9.10. The number of halogens is 2. The summed E-state index contributed by atoms with van der Waals surface area (Å²) in [6, 6.07) is 5.07. The van der Waals surface area contributed by atoms with Gasteiger partial charge in [0.15, 0.2) is 10.0 Å². The van der Waals surface area contributed by atoms with Gasteiger partial charge >= 0.3 is 5.97 Å². The van der Waals surface area contributed by atoms with Crippen molar-refractivity contribution in [2.75, 3.05) is 32.6 Å². The van der Waals surface area contributed by atoms with Gasteiger partial charge in [0.25, 0.3) is 5.17 Å². The predicted molar refractivity (Wildman–Crippen MR) is 115 cm³/mol. The number of esters is 1. The van der Waals surface area contributed by atoms with Crippen LogP contribution in [0.3, 0.4) is 0 Å². The SMILES string of the molecule is COC(=O)c1csc(SCCN2C(=S)OC[C@@H]2COc2cc(Cl)cc(Cl)c2)n1. The Morgan fingerprint density at radius 2 is 2.18 bits per heavy atom. The van der Waals surface area contributed by atoms with Crippen LogP contribution in [0.15, 0.2) is 27.9 Å². The molecule has 1 aliphatic heterocycles. The molecular weight excluding hydrogens is 463 g/mol. The van der Waals surface area contributed by atoms with Crippen LogP contribution in [-0.2, 0) is 9.47 Å². The quantitative estimate of drug-likeness (QED) is 0.314. The van der Waals surface area contributed by atoms with E-state index in [4.69, 9.17) is 44.9 Å². The van der Waals surface area contributed by atoms with Crippen LogP contribution in [0.25, 0.3) is 0 Å². The number of thiazole rings is 1. The lowest BCUT2D eigenvalue weighted by molar-refractivity contribution is 0.0594. The summed E-state index contributed by atoms with van der Waals surface area (Å²) >= 11 is 20.2. The number of methoxy groups -OCH3 is 1. The smallest absolute Gasteiger partial charge is 0.357 e. The van der Waals surface area contributed by atoms with Gasteiger partial charge < -0.3 is 19.1 Å². The fraction of sp³-hybridized carbons (Fsp3) is 0.353. The molecule has 150 valence electrons. The molecule has 0 unspecified atom stereocenters. The summed E-state index contributed by atoms with van der Waals surface area (Å²) in [6.45, 7) is 1.52. The summed E-state index contributed by atoms with van der Waals surface area (Å²) in [5, 5.41) is 3.17. The van der Waals surface area contributed by atoms with Crippen molar-refractivity contribution in [3.63, 3.8) is 0 Å². The Bertz CT molecular complexity index is 844. The third kappa shape index (κ3) is 5.64. The molecule has 3 rings (SSSR count). The molecule has 0 bridgehead atoms. The average Bonchev–Trinajstić information content (AvgIpc) is 3.26. The highest BCUT2D eigenvalue weighted by Crippen LogP contribution is 2.26. The summed E-state index contributed by atoms with van der Waals surface area (Å²) in [6.07, 6.45) is 0. The molecule has 0 spiro atoms. The second kappa shape index (κ2) is 9.98. The molecule has 1 aromatic carbocycles. The lowest BCUT2D eigenvalue weighted by Gasteiger charge is -2.22. The van der Waals surface area contributed by atoms with Crippen LogP contribution < -0.4 is 4.74 Å². The van der Waals surface area contributed by atoms with Crippen molar-refractivity contribution in [1.82, 2.24) is 9.88 Å². The Morgan fingerprint density at radius 1 is 1.43 bits per heavy atom. The van der Waals surface area contributed by atoms with E-state index >= 15 is 0 Å². The number of carbonyl (C=O) groups excluding carboxylic acids is 1. The van der Waals surface area contributed by atoms with Crippen LogP contribution >= 0.6 is 58.5 Å². The zero-order chi connectivity index (χ0) is 20.1. The minimum Gasteiger partial charge on any atom is -0.491 e. The minimum absolute atomic E-state index is 0.00668. The first-order valence-corrected chi connectivity index (χ1v) is 11.2. The van der Waals surface area contributed by atoms with Gasteiger partial charge in [-0.2, -0.15) is 0 Å². The highest BCUT2D eigenvalue weighted by Gasteiger charge is 2.30. The number of ether oxygens (including phenoxy) is 3. The van der Waals surface area contributed by atoms with Crippen molar-refractivity contribution in [1.29, 1.82) is 0 Å². The Balaban J connectivity index is 1.51. The lowest BCUT2D eigenvalue weighted by Crippen LogP contribution is -2.39. The van der Waals surface area contributed by atoms with E-state index in [1.54, 1.807) is 35.3 Å². The zero-order valence-corrected chi connectivity index (χ0v) is 18.7. The number of aromatic nitrogens is 1. The molecule has 0 aliphatic carbocycles. The largest absolute Gasteiger partial charge is 0.491 e. The third-order valence-electron chi connectivity index (χ3n) is 3.79. The second-order valence-electron chi connectivity index (χ2n) is 5.68. The number of hydrogen-bond acceptors (Lipinski definition) is 8. The van der Waals surface area contributed by atoms with Crippen LogP contribution in [0.4, 0.5) is 0 Å². The van der Waals surface area contributed by atoms with Gasteiger partial charge in [-0.15, -0.1) is 11.3 Å². The summed E-state index contributed by atoms with van der Waals surface area (Å²) in [5.74, 6) is 0.898. The van der Waals surface area contributed by atoms with Gasteiger partial charge in [0, 0.05) is 27.7 Å². The lowest BCUT2D eigenvalue weighted by atomic mass is 10.3. The van der Waals surface area contributed by atoms with Crippen LogP contribution in [0, 0.1) is 0 Å². The first-order valence-electron chi connectivity index (χ1n) is 8.15. The van der Waals surface area contributed by atoms with Crippen molar-refractivity contribution < 1.29 is 19.0 Å². The molecular formula is C17H16Cl2N2O4S3. The Kier molecular flexibility index (Phi) is 7.64. The monoisotopic (exact) mass is 478 g/mol. The minimum atomic E-state index is -0.435. The van der Waals surface area contributed by atoms with Crippen LogP contribution in [0.2, 0.25) is 10.0 Å². The summed E-state index contributed by atoms with van der Waals surface area (Å²) in [5.41, 5.74) is 0.321. The standard InChI is InChI=1S/C17H16Cl2N2O4S3/c1-23-15(22)14-9-28-16(20-14)27-3-2-21-12(8-25-17(21)26)7-24-13-5-10(18)4-11(19)6-13/h4-6,9,12H,2-3,7-8H2,1H3/t12-/m0/s1. The zero-order valence-electron chi connectivity index (χ0n) is 14.7. The van der Waals surface area contributed by atoms with E-state index in [0.717, 1.165) is 10.1 Å². The molecule has 1 fully saturated rings. The number of rotatable bonds is 8. The summed E-state index contributed by atoms with van der Waals surface area (Å²) < 4.78 is 16.8. The maximum atomic E-state index is 11.5. The maximum Gasteiger partial charge on any atom is 0.357 e. The average molecular weight is 479 g/mol. The van der Waals surface area contributed by atoms with E-state index in [2.05, 4.69) is 9.72 Å². The Morgan fingerprint density at radius 3 is 2.89 bits per heavy atom. The molecule has 0 saturated carbocycles. The Hall–Kier alpha value is -1.26. The number of thioether (sulfide) groups is 1. The highest BCUT2D eigenvalue weighted by molar-refractivity contribution is 8.01. The number of hydrogen-bond donors (Lipinski definition) is 0. The molecule has 0 amide bonds. The third-order valence-corrected chi connectivity index (χ3v) is 6.58. The molecule has 1 aromatic heterocycles. The van der Waals surface area contributed by atoms with Crippen LogP contribution in [0.5, 0.6) is 5.75 Å². The van der Waals surface area contributed by atoms with Crippen LogP contribution in [0.1, 0.15) is 10.5 Å². The number of nitrogens with zero attached hydrogens (tertiary/aromatic N) is 2. The van der Waals surface area contributed by atoms with Crippen molar-refractivity contribution in [3.8, 4) is 5.75 Å². The topological polar surface area (TPSA) is 60.9 Å². The maximum absolute atomic E-state index is 11.5. The summed E-state index contributed by atoms with van der Waals surface area (Å²) in [4.78, 5) is 17.7. The van der Waals surface area contributed by atoms with Gasteiger partial charge in [-0.05, 0) is 30.4 Å². The van der Waals surface area contributed by atoms with Crippen molar-refractivity contribution in [3.05, 3.63) is 39.3 Å². The first kappa shape index (κ1) is 21.4. The van der Waals surface area contributed by atoms with Gasteiger partial charge in [-0.25, -0.2) is 9.78 Å². The fourth-order valence-corrected chi connectivity index (χ4v) is 5.08. The summed E-state index contributed by atoms with van der Waals surface area (Å²) in [7, 11) is 1.34. The van der Waals surface area contributed by atoms with E-state index in [0.29, 0.717) is 46.4 Å². The number of benzene rings is 1. The molecule has 2 aromatic rings. The first-order chi connectivity index (χ1) is 13.5.